The van der Waals surface area contributed by atoms with Crippen molar-refractivity contribution in [3.05, 3.63) is 0 Å². The number of nitrogens with two attached hydrogens (primary N) is 1. The summed E-state index contributed by atoms with van der Waals surface area (Å²) in [5.74, 6) is 0.144. The van der Waals surface area contributed by atoms with Gasteiger partial charge in [0.15, 0.2) is 9.84 Å². The van der Waals surface area contributed by atoms with Crippen LogP contribution in [-0.4, -0.2) is 31.2 Å². The van der Waals surface area contributed by atoms with E-state index in [4.69, 9.17) is 5.73 Å². The molecular weight excluding hydrogens is 226 g/mol. The average Bonchev–Trinajstić information content (AvgIpc) is 2.12. The molecule has 1 aliphatic carbocycles. The zero-order valence-corrected chi connectivity index (χ0v) is 10.7. The van der Waals surface area contributed by atoms with Gasteiger partial charge in [-0.2, -0.15) is 0 Å². The standard InChI is InChI=1S/C11H21NO3S/c1-2-7-16(14,15)8-4-10(13)9-11(12)5-3-6-11/h2-9,12H2,1H3. The Hall–Kier alpha value is -0.420. The van der Waals surface area contributed by atoms with Crippen LogP contribution in [0.25, 0.3) is 0 Å². The van der Waals surface area contributed by atoms with E-state index in [0.29, 0.717) is 12.8 Å². The van der Waals surface area contributed by atoms with Gasteiger partial charge in [0.1, 0.15) is 5.78 Å². The van der Waals surface area contributed by atoms with Gasteiger partial charge in [-0.15, -0.1) is 0 Å². The molecule has 0 heterocycles. The Morgan fingerprint density at radius 2 is 1.94 bits per heavy atom. The molecule has 0 unspecified atom stereocenters. The van der Waals surface area contributed by atoms with E-state index in [1.807, 2.05) is 6.92 Å². The zero-order valence-electron chi connectivity index (χ0n) is 9.87. The van der Waals surface area contributed by atoms with Crippen molar-refractivity contribution in [3.8, 4) is 0 Å². The third kappa shape index (κ3) is 4.22. The van der Waals surface area contributed by atoms with Crippen molar-refractivity contribution in [3.63, 3.8) is 0 Å². The van der Waals surface area contributed by atoms with E-state index in [2.05, 4.69) is 0 Å². The number of ketones is 1. The maximum absolute atomic E-state index is 11.6. The quantitative estimate of drug-likeness (QED) is 0.729. The number of hydrogen-bond donors (Lipinski definition) is 1. The van der Waals surface area contributed by atoms with Gasteiger partial charge < -0.3 is 5.73 Å². The zero-order chi connectivity index (χ0) is 12.2. The van der Waals surface area contributed by atoms with Crippen molar-refractivity contribution in [1.82, 2.24) is 0 Å². The summed E-state index contributed by atoms with van der Waals surface area (Å²) in [4.78, 5) is 11.6. The normalized spacial score (nSPS) is 19.1. The van der Waals surface area contributed by atoms with Crippen LogP contribution in [0.5, 0.6) is 0 Å². The second kappa shape index (κ2) is 5.27. The molecule has 2 N–H and O–H groups in total. The summed E-state index contributed by atoms with van der Waals surface area (Å²) < 4.78 is 22.8. The molecule has 4 nitrogen and oxygen atoms in total. The summed E-state index contributed by atoms with van der Waals surface area (Å²) in [5, 5.41) is 0. The van der Waals surface area contributed by atoms with Crippen LogP contribution >= 0.6 is 0 Å². The summed E-state index contributed by atoms with van der Waals surface area (Å²) in [5.41, 5.74) is 5.60. The molecule has 5 heteroatoms. The van der Waals surface area contributed by atoms with Gasteiger partial charge in [-0.1, -0.05) is 6.92 Å². The predicted molar refractivity (Wildman–Crippen MR) is 64.0 cm³/mol. The molecule has 1 saturated carbocycles. The number of sulfone groups is 1. The van der Waals surface area contributed by atoms with E-state index in [1.54, 1.807) is 0 Å². The minimum absolute atomic E-state index is 0.0121. The molecule has 16 heavy (non-hydrogen) atoms. The Morgan fingerprint density at radius 1 is 1.31 bits per heavy atom. The smallest absolute Gasteiger partial charge is 0.150 e. The fourth-order valence-electron chi connectivity index (χ4n) is 1.97. The van der Waals surface area contributed by atoms with E-state index in [-0.39, 0.29) is 29.2 Å². The summed E-state index contributed by atoms with van der Waals surface area (Å²) in [6, 6.07) is 0. The van der Waals surface area contributed by atoms with Crippen LogP contribution in [0.1, 0.15) is 45.4 Å². The fraction of sp³-hybridized carbons (Fsp3) is 0.909. The summed E-state index contributed by atoms with van der Waals surface area (Å²) in [6.45, 7) is 1.82. The highest BCUT2D eigenvalue weighted by Crippen LogP contribution is 2.32. The lowest BCUT2D eigenvalue weighted by atomic mass is 9.74. The van der Waals surface area contributed by atoms with Crippen molar-refractivity contribution in [1.29, 1.82) is 0 Å². The maximum Gasteiger partial charge on any atom is 0.150 e. The molecule has 1 aliphatic rings. The average molecular weight is 247 g/mol. The molecule has 1 rings (SSSR count). The van der Waals surface area contributed by atoms with Gasteiger partial charge in [-0.25, -0.2) is 8.42 Å². The molecule has 0 aromatic rings. The van der Waals surface area contributed by atoms with Crippen molar-refractivity contribution in [2.75, 3.05) is 11.5 Å². The van der Waals surface area contributed by atoms with Crippen molar-refractivity contribution >= 4 is 15.6 Å². The lowest BCUT2D eigenvalue weighted by Crippen LogP contribution is -2.48. The molecule has 0 radical (unpaired) electrons. The van der Waals surface area contributed by atoms with Crippen LogP contribution in [0, 0.1) is 0 Å². The first-order chi connectivity index (χ1) is 7.37. The number of hydrogen-bond acceptors (Lipinski definition) is 4. The topological polar surface area (TPSA) is 77.2 Å². The number of rotatable bonds is 7. The maximum atomic E-state index is 11.6. The molecule has 0 atom stereocenters. The van der Waals surface area contributed by atoms with Gasteiger partial charge in [-0.3, -0.25) is 4.79 Å². The minimum atomic E-state index is -3.03. The van der Waals surface area contributed by atoms with Crippen molar-refractivity contribution in [2.45, 2.75) is 51.0 Å². The van der Waals surface area contributed by atoms with Crippen LogP contribution < -0.4 is 5.73 Å². The molecule has 94 valence electrons. The summed E-state index contributed by atoms with van der Waals surface area (Å²) in [6.07, 6.45) is 3.94. The van der Waals surface area contributed by atoms with E-state index >= 15 is 0 Å². The summed E-state index contributed by atoms with van der Waals surface area (Å²) >= 11 is 0. The highest BCUT2D eigenvalue weighted by Gasteiger charge is 2.34. The van der Waals surface area contributed by atoms with E-state index in [0.717, 1.165) is 19.3 Å². The lowest BCUT2D eigenvalue weighted by Gasteiger charge is -2.37. The molecule has 0 spiro atoms. The molecule has 0 saturated heterocycles. The Morgan fingerprint density at radius 3 is 2.38 bits per heavy atom. The number of carbonyl (C=O) groups excluding carboxylic acids is 1. The minimum Gasteiger partial charge on any atom is -0.325 e. The molecule has 0 aliphatic heterocycles. The van der Waals surface area contributed by atoms with Crippen molar-refractivity contribution in [2.24, 2.45) is 5.73 Å². The second-order valence-electron chi connectivity index (χ2n) is 4.83. The Bertz CT molecular complexity index is 344. The first-order valence-corrected chi connectivity index (χ1v) is 7.70. The SMILES string of the molecule is CCCS(=O)(=O)CCC(=O)CC1(N)CCC1. The van der Waals surface area contributed by atoms with Gasteiger partial charge in [-0.05, 0) is 25.7 Å². The Balaban J connectivity index is 2.30. The van der Waals surface area contributed by atoms with Crippen LogP contribution in [0.4, 0.5) is 0 Å². The predicted octanol–water partition coefficient (Wildman–Crippen LogP) is 1.04. The fourth-order valence-corrected chi connectivity index (χ4v) is 3.34. The van der Waals surface area contributed by atoms with Crippen LogP contribution in [0.3, 0.4) is 0 Å². The van der Waals surface area contributed by atoms with E-state index in [1.165, 1.54) is 0 Å². The summed E-state index contributed by atoms with van der Waals surface area (Å²) in [7, 11) is -3.03. The van der Waals surface area contributed by atoms with E-state index in [9.17, 15) is 13.2 Å². The van der Waals surface area contributed by atoms with Crippen LogP contribution in [0.2, 0.25) is 0 Å². The third-order valence-electron chi connectivity index (χ3n) is 3.11. The van der Waals surface area contributed by atoms with Gasteiger partial charge in [0.05, 0.1) is 5.75 Å². The highest BCUT2D eigenvalue weighted by atomic mass is 32.2. The highest BCUT2D eigenvalue weighted by molar-refractivity contribution is 7.91. The van der Waals surface area contributed by atoms with Crippen LogP contribution in [-0.2, 0) is 14.6 Å². The molecule has 0 aromatic carbocycles. The number of Topliss-reactive ketones (excluding diaryl/α,β-unsaturated/α-hetero) is 1. The van der Waals surface area contributed by atoms with Gasteiger partial charge in [0.2, 0.25) is 0 Å². The lowest BCUT2D eigenvalue weighted by molar-refractivity contribution is -0.120. The molecule has 0 bridgehead atoms. The second-order valence-corrected chi connectivity index (χ2v) is 7.14. The monoisotopic (exact) mass is 247 g/mol. The molecule has 1 fully saturated rings. The first kappa shape index (κ1) is 13.6. The molecule has 0 aromatic heterocycles. The van der Waals surface area contributed by atoms with Crippen LogP contribution in [0.15, 0.2) is 0 Å². The molecule has 0 amide bonds. The van der Waals surface area contributed by atoms with Gasteiger partial charge in [0.25, 0.3) is 0 Å². The number of carbonyl (C=O) groups is 1. The van der Waals surface area contributed by atoms with Crippen molar-refractivity contribution < 1.29 is 13.2 Å². The van der Waals surface area contributed by atoms with E-state index < -0.39 is 9.84 Å². The third-order valence-corrected chi connectivity index (χ3v) is 4.96. The largest absolute Gasteiger partial charge is 0.325 e. The molecular formula is C11H21NO3S. The van der Waals surface area contributed by atoms with Gasteiger partial charge >= 0.3 is 0 Å². The Labute approximate surface area is 97.5 Å². The Kier molecular flexibility index (Phi) is 4.50. The first-order valence-electron chi connectivity index (χ1n) is 5.88. The van der Waals surface area contributed by atoms with Gasteiger partial charge in [0, 0.05) is 24.1 Å².